The van der Waals surface area contributed by atoms with E-state index < -0.39 is 0 Å². The van der Waals surface area contributed by atoms with Crippen LogP contribution in [-0.2, 0) is 6.54 Å². The molecule has 0 unspecified atom stereocenters. The van der Waals surface area contributed by atoms with E-state index in [1.807, 2.05) is 5.38 Å². The monoisotopic (exact) mass is 190 g/mol. The van der Waals surface area contributed by atoms with Crippen molar-refractivity contribution in [1.29, 1.82) is 0 Å². The van der Waals surface area contributed by atoms with Crippen LogP contribution in [0.1, 0.15) is 5.69 Å². The number of nitrogens with two attached hydrogens (primary N) is 1. The number of halogens is 1. The molecule has 11 heavy (non-hydrogen) atoms. The highest BCUT2D eigenvalue weighted by atomic mass is 35.5. The molecule has 0 aliphatic rings. The van der Waals surface area contributed by atoms with Gasteiger partial charge in [-0.05, 0) is 0 Å². The van der Waals surface area contributed by atoms with Crippen LogP contribution < -0.4 is 5.73 Å². The molecule has 4 nitrogen and oxygen atoms in total. The molecule has 0 aliphatic heterocycles. The smallest absolute Gasteiger partial charge is 0.212 e. The summed E-state index contributed by atoms with van der Waals surface area (Å²) in [6, 6.07) is 0. The summed E-state index contributed by atoms with van der Waals surface area (Å²) in [6.45, 7) is 0.517. The minimum absolute atomic E-state index is 0. The van der Waals surface area contributed by atoms with Crippen LogP contribution in [0.2, 0.25) is 0 Å². The zero-order chi connectivity index (χ0) is 6.97. The fourth-order valence-electron chi connectivity index (χ4n) is 0.814. The first-order valence-electron chi connectivity index (χ1n) is 2.88. The molecule has 0 atom stereocenters. The van der Waals surface area contributed by atoms with E-state index in [0.717, 1.165) is 10.7 Å². The quantitative estimate of drug-likeness (QED) is 0.719. The summed E-state index contributed by atoms with van der Waals surface area (Å²) in [5, 5.41) is 5.95. The molecule has 0 aromatic carbocycles. The zero-order valence-electron chi connectivity index (χ0n) is 5.60. The highest BCUT2D eigenvalue weighted by molar-refractivity contribution is 7.15. The molecular formula is C5H7ClN4S. The molecule has 2 aromatic rings. The predicted octanol–water partition coefficient (Wildman–Crippen LogP) is 0.671. The summed E-state index contributed by atoms with van der Waals surface area (Å²) >= 11 is 1.55. The average Bonchev–Trinajstić information content (AvgIpc) is 2.44. The first-order chi connectivity index (χ1) is 4.92. The van der Waals surface area contributed by atoms with Gasteiger partial charge in [-0.25, -0.2) is 9.50 Å². The molecule has 0 aliphatic carbocycles. The van der Waals surface area contributed by atoms with Crippen molar-refractivity contribution >= 4 is 28.7 Å². The normalized spacial score (nSPS) is 9.91. The molecule has 0 amide bonds. The standard InChI is InChI=1S/C5H6N4S.ClH/c6-1-4-2-10-5-7-3-8-9(4)5;/h2-3H,1,6H2;1H. The SMILES string of the molecule is Cl.NCc1csc2ncnn12. The van der Waals surface area contributed by atoms with Crippen LogP contribution >= 0.6 is 23.7 Å². The third-order valence-corrected chi connectivity index (χ3v) is 2.18. The van der Waals surface area contributed by atoms with Gasteiger partial charge in [0.15, 0.2) is 0 Å². The van der Waals surface area contributed by atoms with Crippen LogP contribution in [0, 0.1) is 0 Å². The van der Waals surface area contributed by atoms with Gasteiger partial charge in [0.25, 0.3) is 0 Å². The molecule has 0 saturated carbocycles. The van der Waals surface area contributed by atoms with Crippen molar-refractivity contribution in [2.75, 3.05) is 0 Å². The van der Waals surface area contributed by atoms with Crippen LogP contribution in [0.3, 0.4) is 0 Å². The second-order valence-corrected chi connectivity index (χ2v) is 2.72. The fraction of sp³-hybridized carbons (Fsp3) is 0.200. The van der Waals surface area contributed by atoms with Crippen molar-refractivity contribution in [3.63, 3.8) is 0 Å². The Labute approximate surface area is 73.5 Å². The lowest BCUT2D eigenvalue weighted by Gasteiger charge is -1.87. The van der Waals surface area contributed by atoms with Gasteiger partial charge in [-0.3, -0.25) is 0 Å². The van der Waals surface area contributed by atoms with Crippen LogP contribution in [0.4, 0.5) is 0 Å². The lowest BCUT2D eigenvalue weighted by atomic mass is 10.5. The van der Waals surface area contributed by atoms with Gasteiger partial charge in [-0.2, -0.15) is 5.10 Å². The number of hydrogen-bond donors (Lipinski definition) is 1. The molecule has 0 radical (unpaired) electrons. The molecule has 0 bridgehead atoms. The van der Waals surface area contributed by atoms with E-state index in [4.69, 9.17) is 5.73 Å². The highest BCUT2D eigenvalue weighted by Gasteiger charge is 2.01. The number of nitrogens with zero attached hydrogens (tertiary/aromatic N) is 3. The van der Waals surface area contributed by atoms with Crippen LogP contribution in [0.5, 0.6) is 0 Å². The summed E-state index contributed by atoms with van der Waals surface area (Å²) < 4.78 is 1.75. The molecule has 0 fully saturated rings. The fourth-order valence-corrected chi connectivity index (χ4v) is 1.62. The summed E-state index contributed by atoms with van der Waals surface area (Å²) in [4.78, 5) is 4.91. The van der Waals surface area contributed by atoms with Crippen LogP contribution in [0.25, 0.3) is 4.96 Å². The molecule has 6 heteroatoms. The molecule has 2 rings (SSSR count). The van der Waals surface area contributed by atoms with Gasteiger partial charge >= 0.3 is 0 Å². The number of fused-ring (bicyclic) bond motifs is 1. The summed E-state index contributed by atoms with van der Waals surface area (Å²) in [6.07, 6.45) is 1.53. The number of hydrogen-bond acceptors (Lipinski definition) is 4. The maximum Gasteiger partial charge on any atom is 0.212 e. The molecule has 2 heterocycles. The predicted molar refractivity (Wildman–Crippen MR) is 46.0 cm³/mol. The van der Waals surface area contributed by atoms with E-state index in [1.165, 1.54) is 6.33 Å². The second-order valence-electron chi connectivity index (χ2n) is 1.89. The lowest BCUT2D eigenvalue weighted by Crippen LogP contribution is -2.00. The summed E-state index contributed by atoms with van der Waals surface area (Å²) in [5.74, 6) is 0. The zero-order valence-corrected chi connectivity index (χ0v) is 7.23. The van der Waals surface area contributed by atoms with Gasteiger partial charge in [0.2, 0.25) is 4.96 Å². The number of aromatic nitrogens is 3. The highest BCUT2D eigenvalue weighted by Crippen LogP contribution is 2.11. The van der Waals surface area contributed by atoms with Crippen molar-refractivity contribution < 1.29 is 0 Å². The Morgan fingerprint density at radius 3 is 3.18 bits per heavy atom. The Kier molecular flexibility index (Phi) is 2.43. The Bertz CT molecular complexity index is 341. The van der Waals surface area contributed by atoms with E-state index in [0.29, 0.717) is 6.54 Å². The first-order valence-corrected chi connectivity index (χ1v) is 3.76. The number of rotatable bonds is 1. The van der Waals surface area contributed by atoms with Crippen molar-refractivity contribution in [2.45, 2.75) is 6.54 Å². The van der Waals surface area contributed by atoms with Gasteiger partial charge in [0, 0.05) is 11.9 Å². The minimum Gasteiger partial charge on any atom is -0.325 e. The maximum absolute atomic E-state index is 5.44. The van der Waals surface area contributed by atoms with Gasteiger partial charge in [-0.15, -0.1) is 23.7 Å². The van der Waals surface area contributed by atoms with Crippen LogP contribution in [0.15, 0.2) is 11.7 Å². The molecule has 2 aromatic heterocycles. The minimum atomic E-state index is 0. The number of thiazole rings is 1. The van der Waals surface area contributed by atoms with Gasteiger partial charge in [-0.1, -0.05) is 0 Å². The van der Waals surface area contributed by atoms with E-state index in [2.05, 4.69) is 10.1 Å². The van der Waals surface area contributed by atoms with Gasteiger partial charge in [0.1, 0.15) is 6.33 Å². The van der Waals surface area contributed by atoms with E-state index in [-0.39, 0.29) is 12.4 Å². The van der Waals surface area contributed by atoms with Gasteiger partial charge < -0.3 is 5.73 Å². The molecule has 0 spiro atoms. The van der Waals surface area contributed by atoms with E-state index in [9.17, 15) is 0 Å². The lowest BCUT2D eigenvalue weighted by molar-refractivity contribution is 0.865. The maximum atomic E-state index is 5.44. The average molecular weight is 191 g/mol. The molecule has 60 valence electrons. The van der Waals surface area contributed by atoms with E-state index in [1.54, 1.807) is 15.9 Å². The first kappa shape index (κ1) is 8.45. The van der Waals surface area contributed by atoms with Crippen molar-refractivity contribution in [1.82, 2.24) is 14.6 Å². The van der Waals surface area contributed by atoms with Crippen molar-refractivity contribution in [3.8, 4) is 0 Å². The van der Waals surface area contributed by atoms with Crippen LogP contribution in [-0.4, -0.2) is 14.6 Å². The third-order valence-electron chi connectivity index (χ3n) is 1.30. The van der Waals surface area contributed by atoms with Crippen molar-refractivity contribution in [3.05, 3.63) is 17.4 Å². The Morgan fingerprint density at radius 1 is 1.64 bits per heavy atom. The Balaban J connectivity index is 0.000000605. The largest absolute Gasteiger partial charge is 0.325 e. The third kappa shape index (κ3) is 1.22. The van der Waals surface area contributed by atoms with Gasteiger partial charge in [0.05, 0.1) is 5.69 Å². The molecular weight excluding hydrogens is 184 g/mol. The Morgan fingerprint density at radius 2 is 2.45 bits per heavy atom. The van der Waals surface area contributed by atoms with Crippen molar-refractivity contribution in [2.24, 2.45) is 5.73 Å². The summed E-state index contributed by atoms with van der Waals surface area (Å²) in [5.41, 5.74) is 6.45. The topological polar surface area (TPSA) is 56.2 Å². The summed E-state index contributed by atoms with van der Waals surface area (Å²) in [7, 11) is 0. The Hall–Kier alpha value is -0.650. The second kappa shape index (κ2) is 3.17. The molecule has 2 N–H and O–H groups in total. The molecule has 0 saturated heterocycles. The van der Waals surface area contributed by atoms with E-state index >= 15 is 0 Å².